The smallest absolute Gasteiger partial charge is 0.311 e. The van der Waals surface area contributed by atoms with Gasteiger partial charge in [0.2, 0.25) is 0 Å². The summed E-state index contributed by atoms with van der Waals surface area (Å²) in [4.78, 5) is 13.9. The summed E-state index contributed by atoms with van der Waals surface area (Å²) in [6, 6.07) is 0. The van der Waals surface area contributed by atoms with Crippen LogP contribution in [-0.2, 0) is 9.53 Å². The molecular weight excluding hydrogens is 218 g/mol. The largest absolute Gasteiger partial charge is 0.481 e. The second-order valence-corrected chi connectivity index (χ2v) is 5.50. The Morgan fingerprint density at radius 1 is 1.47 bits per heavy atom. The second kappa shape index (κ2) is 5.36. The number of nitrogens with zero attached hydrogens (tertiary/aromatic N) is 1. The van der Waals surface area contributed by atoms with Crippen molar-refractivity contribution in [1.82, 2.24) is 4.90 Å². The second-order valence-electron chi connectivity index (χ2n) is 5.50. The Morgan fingerprint density at radius 2 is 2.18 bits per heavy atom. The minimum atomic E-state index is -0.638. The minimum absolute atomic E-state index is 0.555. The molecule has 0 spiro atoms. The fourth-order valence-corrected chi connectivity index (χ4v) is 3.02. The van der Waals surface area contributed by atoms with Crippen molar-refractivity contribution < 1.29 is 14.6 Å². The number of carbonyl (C=O) groups is 1. The number of carboxylic acid groups (broad SMARTS) is 1. The van der Waals surface area contributed by atoms with Crippen molar-refractivity contribution in [1.29, 1.82) is 0 Å². The molecule has 2 aliphatic rings. The predicted molar refractivity (Wildman–Crippen MR) is 65.0 cm³/mol. The van der Waals surface area contributed by atoms with E-state index in [1.807, 2.05) is 0 Å². The normalized spacial score (nSPS) is 29.4. The third-order valence-electron chi connectivity index (χ3n) is 4.38. The lowest BCUT2D eigenvalue weighted by Crippen LogP contribution is -2.46. The molecule has 4 heteroatoms. The van der Waals surface area contributed by atoms with Gasteiger partial charge in [-0.1, -0.05) is 13.3 Å². The fourth-order valence-electron chi connectivity index (χ4n) is 3.02. The summed E-state index contributed by atoms with van der Waals surface area (Å²) in [5.74, 6) is 0.126. The molecule has 1 unspecified atom stereocenters. The molecule has 0 bridgehead atoms. The van der Waals surface area contributed by atoms with Gasteiger partial charge in [-0.05, 0) is 31.7 Å². The first kappa shape index (κ1) is 12.8. The maximum Gasteiger partial charge on any atom is 0.311 e. The number of hydrogen-bond donors (Lipinski definition) is 1. The van der Waals surface area contributed by atoms with Gasteiger partial charge in [-0.15, -0.1) is 0 Å². The van der Waals surface area contributed by atoms with Crippen molar-refractivity contribution in [2.45, 2.75) is 32.6 Å². The maximum absolute atomic E-state index is 11.5. The van der Waals surface area contributed by atoms with Crippen LogP contribution in [0.4, 0.5) is 0 Å². The number of ether oxygens (including phenoxy) is 1. The molecule has 2 aliphatic heterocycles. The van der Waals surface area contributed by atoms with E-state index in [1.165, 1.54) is 12.8 Å². The predicted octanol–water partition coefficient (Wildman–Crippen LogP) is 1.60. The molecule has 0 aromatic rings. The molecule has 0 aliphatic carbocycles. The number of aliphatic carboxylic acids is 1. The molecule has 98 valence electrons. The van der Waals surface area contributed by atoms with Crippen molar-refractivity contribution >= 4 is 5.97 Å². The highest BCUT2D eigenvalue weighted by Crippen LogP contribution is 2.33. The van der Waals surface area contributed by atoms with E-state index in [2.05, 4.69) is 11.8 Å². The molecule has 2 rings (SSSR count). The molecular formula is C13H23NO3. The summed E-state index contributed by atoms with van der Waals surface area (Å²) >= 11 is 0. The number of hydrogen-bond acceptors (Lipinski definition) is 3. The van der Waals surface area contributed by atoms with Gasteiger partial charge in [-0.2, -0.15) is 0 Å². The number of rotatable bonds is 4. The Bertz CT molecular complexity index is 274. The van der Waals surface area contributed by atoms with Gasteiger partial charge in [-0.25, -0.2) is 0 Å². The highest BCUT2D eigenvalue weighted by Gasteiger charge is 2.42. The van der Waals surface area contributed by atoms with E-state index in [-0.39, 0.29) is 0 Å². The summed E-state index contributed by atoms with van der Waals surface area (Å²) in [7, 11) is 0. The third-order valence-corrected chi connectivity index (χ3v) is 4.38. The molecule has 2 saturated heterocycles. The van der Waals surface area contributed by atoms with Crippen LogP contribution in [0.5, 0.6) is 0 Å². The van der Waals surface area contributed by atoms with Gasteiger partial charge < -0.3 is 14.7 Å². The lowest BCUT2D eigenvalue weighted by Gasteiger charge is -2.36. The zero-order valence-electron chi connectivity index (χ0n) is 10.7. The Morgan fingerprint density at radius 3 is 2.71 bits per heavy atom. The van der Waals surface area contributed by atoms with E-state index < -0.39 is 11.4 Å². The SMILES string of the molecule is CCC1CCN(CC2(C(=O)O)CCOCC2)C1. The Hall–Kier alpha value is -0.610. The van der Waals surface area contributed by atoms with E-state index in [4.69, 9.17) is 4.74 Å². The highest BCUT2D eigenvalue weighted by atomic mass is 16.5. The van der Waals surface area contributed by atoms with Crippen LogP contribution in [0.3, 0.4) is 0 Å². The molecule has 1 atom stereocenters. The lowest BCUT2D eigenvalue weighted by atomic mass is 9.80. The topological polar surface area (TPSA) is 49.8 Å². The van der Waals surface area contributed by atoms with Gasteiger partial charge in [0, 0.05) is 26.3 Å². The number of likely N-dealkylation sites (tertiary alicyclic amines) is 1. The standard InChI is InChI=1S/C13H23NO3/c1-2-11-3-6-14(9-11)10-13(12(15)16)4-7-17-8-5-13/h11H,2-10H2,1H3,(H,15,16). The molecule has 0 aromatic carbocycles. The molecule has 0 radical (unpaired) electrons. The first-order valence-corrected chi connectivity index (χ1v) is 6.70. The first-order valence-electron chi connectivity index (χ1n) is 6.70. The quantitative estimate of drug-likeness (QED) is 0.812. The zero-order valence-corrected chi connectivity index (χ0v) is 10.7. The number of carboxylic acids is 1. The summed E-state index contributed by atoms with van der Waals surface area (Å²) in [6.45, 7) is 6.26. The lowest BCUT2D eigenvalue weighted by molar-refractivity contribution is -0.156. The van der Waals surface area contributed by atoms with E-state index in [0.29, 0.717) is 32.6 Å². The van der Waals surface area contributed by atoms with Crippen LogP contribution in [-0.4, -0.2) is 48.8 Å². The Balaban J connectivity index is 1.96. The van der Waals surface area contributed by atoms with Crippen molar-refractivity contribution in [3.63, 3.8) is 0 Å². The van der Waals surface area contributed by atoms with Crippen LogP contribution in [0.25, 0.3) is 0 Å². The van der Waals surface area contributed by atoms with Crippen LogP contribution >= 0.6 is 0 Å². The van der Waals surface area contributed by atoms with Crippen LogP contribution in [0.2, 0.25) is 0 Å². The Labute approximate surface area is 103 Å². The third kappa shape index (κ3) is 2.80. The molecule has 0 saturated carbocycles. The average Bonchev–Trinajstić information content (AvgIpc) is 2.77. The van der Waals surface area contributed by atoms with Crippen molar-refractivity contribution in [3.8, 4) is 0 Å². The van der Waals surface area contributed by atoms with E-state index in [0.717, 1.165) is 19.0 Å². The maximum atomic E-state index is 11.5. The summed E-state index contributed by atoms with van der Waals surface area (Å²) in [5, 5.41) is 9.49. The van der Waals surface area contributed by atoms with Crippen molar-refractivity contribution in [2.75, 3.05) is 32.8 Å². The highest BCUT2D eigenvalue weighted by molar-refractivity contribution is 5.75. The molecule has 0 aromatic heterocycles. The van der Waals surface area contributed by atoms with Crippen molar-refractivity contribution in [2.24, 2.45) is 11.3 Å². The fraction of sp³-hybridized carbons (Fsp3) is 0.923. The molecule has 2 fully saturated rings. The van der Waals surface area contributed by atoms with E-state index >= 15 is 0 Å². The van der Waals surface area contributed by atoms with Gasteiger partial charge >= 0.3 is 5.97 Å². The van der Waals surface area contributed by atoms with Crippen LogP contribution in [0.15, 0.2) is 0 Å². The first-order chi connectivity index (χ1) is 8.16. The van der Waals surface area contributed by atoms with Crippen LogP contribution < -0.4 is 0 Å². The van der Waals surface area contributed by atoms with Crippen LogP contribution in [0.1, 0.15) is 32.6 Å². The zero-order chi connectivity index (χ0) is 12.3. The molecule has 1 N–H and O–H groups in total. The molecule has 17 heavy (non-hydrogen) atoms. The van der Waals surface area contributed by atoms with Gasteiger partial charge in [0.1, 0.15) is 0 Å². The molecule has 2 heterocycles. The monoisotopic (exact) mass is 241 g/mol. The van der Waals surface area contributed by atoms with Crippen molar-refractivity contribution in [3.05, 3.63) is 0 Å². The Kier molecular flexibility index (Phi) is 4.05. The average molecular weight is 241 g/mol. The summed E-state index contributed by atoms with van der Waals surface area (Å²) < 4.78 is 5.30. The van der Waals surface area contributed by atoms with Gasteiger partial charge in [0.05, 0.1) is 5.41 Å². The summed E-state index contributed by atoms with van der Waals surface area (Å²) in [5.41, 5.74) is -0.555. The minimum Gasteiger partial charge on any atom is -0.481 e. The molecule has 0 amide bonds. The van der Waals surface area contributed by atoms with Gasteiger partial charge in [0.25, 0.3) is 0 Å². The van der Waals surface area contributed by atoms with Crippen LogP contribution in [0, 0.1) is 11.3 Å². The molecule has 4 nitrogen and oxygen atoms in total. The van der Waals surface area contributed by atoms with E-state index in [1.54, 1.807) is 0 Å². The van der Waals surface area contributed by atoms with E-state index in [9.17, 15) is 9.90 Å². The van der Waals surface area contributed by atoms with Gasteiger partial charge in [0.15, 0.2) is 0 Å². The van der Waals surface area contributed by atoms with Gasteiger partial charge in [-0.3, -0.25) is 4.79 Å². The summed E-state index contributed by atoms with van der Waals surface area (Å²) in [6.07, 6.45) is 3.76.